The normalized spacial score (nSPS) is 25.2. The van der Waals surface area contributed by atoms with Crippen molar-refractivity contribution in [3.05, 3.63) is 81.9 Å². The third-order valence-electron chi connectivity index (χ3n) is 4.74. The van der Waals surface area contributed by atoms with Crippen LogP contribution in [0.3, 0.4) is 0 Å². The lowest BCUT2D eigenvalue weighted by molar-refractivity contribution is -0.385. The van der Waals surface area contributed by atoms with Gasteiger partial charge >= 0.3 is 0 Å². The van der Waals surface area contributed by atoms with E-state index in [9.17, 15) is 10.1 Å². The summed E-state index contributed by atoms with van der Waals surface area (Å²) in [6.07, 6.45) is 5.38. The second-order valence-corrected chi connectivity index (χ2v) is 5.88. The molecule has 0 bridgehead atoms. The van der Waals surface area contributed by atoms with E-state index in [4.69, 9.17) is 0 Å². The lowest BCUT2D eigenvalue weighted by Gasteiger charge is -2.37. The Bertz CT molecular complexity index is 769. The molecule has 0 radical (unpaired) electrons. The Morgan fingerprint density at radius 1 is 1.05 bits per heavy atom. The standard InChI is InChI=1S/C18H16N2O2/c21-20(22)17-11-4-2-7-15(17)18-14-9-5-8-12(14)13-6-1-3-10-16(13)19-18/h1-8,10-12,14,18-19H,9H2/t12-,14-,18-/m1/s1. The first kappa shape index (κ1) is 13.1. The summed E-state index contributed by atoms with van der Waals surface area (Å²) < 4.78 is 0. The Labute approximate surface area is 128 Å². The first-order chi connectivity index (χ1) is 10.8. The molecule has 4 nitrogen and oxygen atoms in total. The maximum atomic E-state index is 11.4. The molecule has 1 aliphatic carbocycles. The van der Waals surface area contributed by atoms with Crippen LogP contribution in [0.5, 0.6) is 0 Å². The van der Waals surface area contributed by atoms with Crippen LogP contribution in [0.1, 0.15) is 29.5 Å². The molecule has 0 spiro atoms. The van der Waals surface area contributed by atoms with Crippen molar-refractivity contribution in [2.24, 2.45) is 5.92 Å². The number of anilines is 1. The van der Waals surface area contributed by atoms with Crippen molar-refractivity contribution >= 4 is 11.4 Å². The van der Waals surface area contributed by atoms with Crippen molar-refractivity contribution in [3.8, 4) is 0 Å². The van der Waals surface area contributed by atoms with Gasteiger partial charge in [-0.3, -0.25) is 10.1 Å². The van der Waals surface area contributed by atoms with Gasteiger partial charge in [0.05, 0.1) is 16.5 Å². The number of nitrogens with zero attached hydrogens (tertiary/aromatic N) is 1. The van der Waals surface area contributed by atoms with Crippen LogP contribution in [0.15, 0.2) is 60.7 Å². The van der Waals surface area contributed by atoms with Gasteiger partial charge in [0.25, 0.3) is 5.69 Å². The Balaban J connectivity index is 1.83. The molecule has 2 aromatic rings. The van der Waals surface area contributed by atoms with Crippen molar-refractivity contribution in [3.63, 3.8) is 0 Å². The number of hydrogen-bond acceptors (Lipinski definition) is 3. The summed E-state index contributed by atoms with van der Waals surface area (Å²) >= 11 is 0. The average Bonchev–Trinajstić information content (AvgIpc) is 3.04. The van der Waals surface area contributed by atoms with Crippen LogP contribution in [0.25, 0.3) is 0 Å². The van der Waals surface area contributed by atoms with Crippen molar-refractivity contribution in [1.82, 2.24) is 0 Å². The molecule has 4 heteroatoms. The Morgan fingerprint density at radius 3 is 2.59 bits per heavy atom. The molecule has 1 aliphatic heterocycles. The number of fused-ring (bicyclic) bond motifs is 3. The fourth-order valence-corrected chi connectivity index (χ4v) is 3.77. The molecule has 0 fully saturated rings. The van der Waals surface area contributed by atoms with Crippen molar-refractivity contribution in [2.45, 2.75) is 18.4 Å². The number of allylic oxidation sites excluding steroid dienone is 2. The quantitative estimate of drug-likeness (QED) is 0.506. The van der Waals surface area contributed by atoms with E-state index in [1.165, 1.54) is 5.56 Å². The van der Waals surface area contributed by atoms with Crippen LogP contribution in [0.2, 0.25) is 0 Å². The zero-order valence-electron chi connectivity index (χ0n) is 12.0. The first-order valence-corrected chi connectivity index (χ1v) is 7.51. The smallest absolute Gasteiger partial charge is 0.274 e. The minimum Gasteiger partial charge on any atom is -0.377 e. The van der Waals surface area contributed by atoms with Gasteiger partial charge in [-0.05, 0) is 24.0 Å². The average molecular weight is 292 g/mol. The maximum absolute atomic E-state index is 11.4. The van der Waals surface area contributed by atoms with E-state index >= 15 is 0 Å². The predicted octanol–water partition coefficient (Wildman–Crippen LogP) is 4.42. The molecule has 3 atom stereocenters. The molecule has 2 aromatic carbocycles. The highest BCUT2D eigenvalue weighted by Gasteiger charge is 2.39. The topological polar surface area (TPSA) is 55.2 Å². The van der Waals surface area contributed by atoms with E-state index in [2.05, 4.69) is 35.7 Å². The second-order valence-electron chi connectivity index (χ2n) is 5.88. The van der Waals surface area contributed by atoms with Gasteiger partial charge in [-0.15, -0.1) is 0 Å². The first-order valence-electron chi connectivity index (χ1n) is 7.51. The van der Waals surface area contributed by atoms with Crippen molar-refractivity contribution in [1.29, 1.82) is 0 Å². The van der Waals surface area contributed by atoms with Crippen LogP contribution in [-0.4, -0.2) is 4.92 Å². The Hall–Kier alpha value is -2.62. The fourth-order valence-electron chi connectivity index (χ4n) is 3.77. The van der Waals surface area contributed by atoms with Crippen LogP contribution in [0.4, 0.5) is 11.4 Å². The molecule has 4 rings (SSSR count). The number of nitrogens with one attached hydrogen (secondary N) is 1. The summed E-state index contributed by atoms with van der Waals surface area (Å²) in [6.45, 7) is 0. The van der Waals surface area contributed by atoms with Crippen LogP contribution in [-0.2, 0) is 0 Å². The number of rotatable bonds is 2. The molecule has 0 aromatic heterocycles. The maximum Gasteiger partial charge on any atom is 0.274 e. The van der Waals surface area contributed by atoms with Gasteiger partial charge in [-0.2, -0.15) is 0 Å². The van der Waals surface area contributed by atoms with E-state index in [-0.39, 0.29) is 16.7 Å². The van der Waals surface area contributed by atoms with E-state index in [1.807, 2.05) is 18.2 Å². The number of para-hydroxylation sites is 2. The molecule has 0 amide bonds. The third-order valence-corrected chi connectivity index (χ3v) is 4.74. The summed E-state index contributed by atoms with van der Waals surface area (Å²) in [5.74, 6) is 0.665. The van der Waals surface area contributed by atoms with E-state index in [0.717, 1.165) is 17.7 Å². The number of hydrogen-bond donors (Lipinski definition) is 1. The van der Waals surface area contributed by atoms with Gasteiger partial charge in [0, 0.05) is 17.7 Å². The monoisotopic (exact) mass is 292 g/mol. The van der Waals surface area contributed by atoms with Gasteiger partial charge in [-0.1, -0.05) is 48.6 Å². The summed E-state index contributed by atoms with van der Waals surface area (Å²) in [4.78, 5) is 11.1. The zero-order valence-corrected chi connectivity index (χ0v) is 12.0. The lowest BCUT2D eigenvalue weighted by Crippen LogP contribution is -2.29. The molecule has 0 saturated carbocycles. The summed E-state index contributed by atoms with van der Waals surface area (Å²) in [6, 6.07) is 15.3. The molecule has 1 heterocycles. The van der Waals surface area contributed by atoms with Gasteiger partial charge in [0.2, 0.25) is 0 Å². The van der Waals surface area contributed by atoms with Gasteiger partial charge < -0.3 is 5.32 Å². The van der Waals surface area contributed by atoms with Gasteiger partial charge in [0.15, 0.2) is 0 Å². The highest BCUT2D eigenvalue weighted by molar-refractivity contribution is 5.61. The fraction of sp³-hybridized carbons (Fsp3) is 0.222. The summed E-state index contributed by atoms with van der Waals surface area (Å²) in [5, 5.41) is 14.9. The van der Waals surface area contributed by atoms with Crippen LogP contribution < -0.4 is 5.32 Å². The van der Waals surface area contributed by atoms with Crippen molar-refractivity contribution in [2.75, 3.05) is 5.32 Å². The summed E-state index contributed by atoms with van der Waals surface area (Å²) in [7, 11) is 0. The van der Waals surface area contributed by atoms with E-state index < -0.39 is 0 Å². The molecular formula is C18H16N2O2. The number of benzene rings is 2. The van der Waals surface area contributed by atoms with Crippen LogP contribution >= 0.6 is 0 Å². The van der Waals surface area contributed by atoms with E-state index in [1.54, 1.807) is 12.1 Å². The lowest BCUT2D eigenvalue weighted by atomic mass is 9.77. The minimum atomic E-state index is -0.283. The zero-order chi connectivity index (χ0) is 15.1. The SMILES string of the molecule is O=[N+]([O-])c1ccccc1[C@@H]1Nc2ccccc2[C@H]2C=CC[C@H]21. The molecule has 110 valence electrons. The van der Waals surface area contributed by atoms with Gasteiger partial charge in [-0.25, -0.2) is 0 Å². The highest BCUT2D eigenvalue weighted by atomic mass is 16.6. The molecule has 0 unspecified atom stereocenters. The molecule has 2 aliphatic rings. The van der Waals surface area contributed by atoms with E-state index in [0.29, 0.717) is 11.8 Å². The molecule has 22 heavy (non-hydrogen) atoms. The van der Waals surface area contributed by atoms with Gasteiger partial charge in [0.1, 0.15) is 0 Å². The predicted molar refractivity (Wildman–Crippen MR) is 85.9 cm³/mol. The highest BCUT2D eigenvalue weighted by Crippen LogP contribution is 2.50. The summed E-state index contributed by atoms with van der Waals surface area (Å²) in [5.41, 5.74) is 3.35. The largest absolute Gasteiger partial charge is 0.377 e. The molecular weight excluding hydrogens is 276 g/mol. The second kappa shape index (κ2) is 4.98. The Kier molecular flexibility index (Phi) is 2.96. The minimum absolute atomic E-state index is 0.0310. The number of nitro benzene ring substituents is 1. The molecule has 1 N–H and O–H groups in total. The molecule has 0 saturated heterocycles. The Morgan fingerprint density at radius 2 is 1.77 bits per heavy atom. The van der Waals surface area contributed by atoms with Crippen LogP contribution in [0, 0.1) is 16.0 Å². The van der Waals surface area contributed by atoms with Crippen molar-refractivity contribution < 1.29 is 4.92 Å². The third kappa shape index (κ3) is 1.91. The number of nitro groups is 1.